The minimum Gasteiger partial charge on any atom is -0.328 e. The van der Waals surface area contributed by atoms with Gasteiger partial charge in [0.25, 0.3) is 0 Å². The van der Waals surface area contributed by atoms with Gasteiger partial charge in [0.05, 0.1) is 11.0 Å². The summed E-state index contributed by atoms with van der Waals surface area (Å²) in [6, 6.07) is 5.31. The maximum Gasteiger partial charge on any atom is 0.125 e. The molecule has 2 rings (SSSR count). The number of hydrogen-bond acceptors (Lipinski definition) is 2. The maximum absolute atomic E-state index is 13.3. The van der Waals surface area contributed by atoms with Gasteiger partial charge in [-0.3, -0.25) is 0 Å². The Balaban J connectivity index is 2.14. The third-order valence-corrected chi connectivity index (χ3v) is 3.24. The lowest BCUT2D eigenvalue weighted by atomic mass is 10.2. The van der Waals surface area contributed by atoms with E-state index in [-0.39, 0.29) is 5.82 Å². The summed E-state index contributed by atoms with van der Waals surface area (Å²) in [5.74, 6) is 0.851. The SMILES string of the molecule is CCn1c(CCCNC(C)C)nc2ccc(F)cc21. The van der Waals surface area contributed by atoms with Crippen molar-refractivity contribution in [3.63, 3.8) is 0 Å². The molecule has 0 saturated heterocycles. The molecule has 0 fully saturated rings. The first-order valence-corrected chi connectivity index (χ1v) is 7.00. The van der Waals surface area contributed by atoms with E-state index in [9.17, 15) is 4.39 Å². The van der Waals surface area contributed by atoms with Crippen LogP contribution >= 0.6 is 0 Å². The largest absolute Gasteiger partial charge is 0.328 e. The predicted octanol–water partition coefficient (Wildman–Crippen LogP) is 3.13. The third kappa shape index (κ3) is 3.32. The van der Waals surface area contributed by atoms with E-state index in [0.717, 1.165) is 42.8 Å². The van der Waals surface area contributed by atoms with Crippen LogP contribution in [0.1, 0.15) is 33.0 Å². The number of hydrogen-bond donors (Lipinski definition) is 1. The fraction of sp³-hybridized carbons (Fsp3) is 0.533. The number of nitrogens with one attached hydrogen (secondary N) is 1. The standard InChI is InChI=1S/C15H22FN3/c1-4-19-14-10-12(16)7-8-13(14)18-15(19)6-5-9-17-11(2)3/h7-8,10-11,17H,4-6,9H2,1-3H3. The normalized spacial score (nSPS) is 11.6. The van der Waals surface area contributed by atoms with Crippen molar-refractivity contribution in [2.75, 3.05) is 6.54 Å². The van der Waals surface area contributed by atoms with E-state index in [0.29, 0.717) is 6.04 Å². The molecule has 0 aliphatic carbocycles. The molecule has 0 atom stereocenters. The third-order valence-electron chi connectivity index (χ3n) is 3.24. The van der Waals surface area contributed by atoms with E-state index < -0.39 is 0 Å². The number of halogens is 1. The predicted molar refractivity (Wildman–Crippen MR) is 76.8 cm³/mol. The molecule has 1 heterocycles. The van der Waals surface area contributed by atoms with E-state index in [4.69, 9.17) is 0 Å². The van der Waals surface area contributed by atoms with Gasteiger partial charge in [-0.05, 0) is 38.1 Å². The van der Waals surface area contributed by atoms with Gasteiger partial charge in [0.1, 0.15) is 11.6 Å². The topological polar surface area (TPSA) is 29.9 Å². The van der Waals surface area contributed by atoms with Crippen molar-refractivity contribution in [1.82, 2.24) is 14.9 Å². The number of aromatic nitrogens is 2. The smallest absolute Gasteiger partial charge is 0.125 e. The lowest BCUT2D eigenvalue weighted by Gasteiger charge is -2.08. The summed E-state index contributed by atoms with van der Waals surface area (Å²) in [5, 5.41) is 3.40. The van der Waals surface area contributed by atoms with Gasteiger partial charge in [0, 0.05) is 19.0 Å². The molecule has 0 radical (unpaired) electrons. The van der Waals surface area contributed by atoms with Crippen molar-refractivity contribution in [3.8, 4) is 0 Å². The monoisotopic (exact) mass is 263 g/mol. The van der Waals surface area contributed by atoms with Crippen molar-refractivity contribution in [2.45, 2.75) is 46.2 Å². The summed E-state index contributed by atoms with van der Waals surface area (Å²) in [5.41, 5.74) is 1.78. The Morgan fingerprint density at radius 2 is 2.16 bits per heavy atom. The summed E-state index contributed by atoms with van der Waals surface area (Å²) in [6.07, 6.45) is 1.97. The summed E-state index contributed by atoms with van der Waals surface area (Å²) in [7, 11) is 0. The van der Waals surface area contributed by atoms with Crippen LogP contribution in [0.5, 0.6) is 0 Å². The Morgan fingerprint density at radius 1 is 1.37 bits per heavy atom. The molecule has 0 aliphatic heterocycles. The highest BCUT2D eigenvalue weighted by atomic mass is 19.1. The number of rotatable bonds is 6. The summed E-state index contributed by atoms with van der Waals surface area (Å²) in [4.78, 5) is 4.61. The van der Waals surface area contributed by atoms with Crippen LogP contribution in [0.3, 0.4) is 0 Å². The zero-order valence-electron chi connectivity index (χ0n) is 11.9. The molecular formula is C15H22FN3. The van der Waals surface area contributed by atoms with Crippen LogP contribution in [0.25, 0.3) is 11.0 Å². The molecule has 1 aromatic heterocycles. The molecular weight excluding hydrogens is 241 g/mol. The minimum atomic E-state index is -0.199. The molecule has 104 valence electrons. The molecule has 0 saturated carbocycles. The van der Waals surface area contributed by atoms with Gasteiger partial charge < -0.3 is 9.88 Å². The minimum absolute atomic E-state index is 0.199. The van der Waals surface area contributed by atoms with E-state index in [1.165, 1.54) is 6.07 Å². The first kappa shape index (κ1) is 14.0. The molecule has 1 aromatic carbocycles. The van der Waals surface area contributed by atoms with Gasteiger partial charge in [-0.1, -0.05) is 13.8 Å². The van der Waals surface area contributed by atoms with Gasteiger partial charge in [0.2, 0.25) is 0 Å². The summed E-state index contributed by atoms with van der Waals surface area (Å²) < 4.78 is 15.4. The molecule has 0 unspecified atom stereocenters. The maximum atomic E-state index is 13.3. The second-order valence-corrected chi connectivity index (χ2v) is 5.12. The molecule has 3 nitrogen and oxygen atoms in total. The highest BCUT2D eigenvalue weighted by Crippen LogP contribution is 2.18. The van der Waals surface area contributed by atoms with Crippen molar-refractivity contribution < 1.29 is 4.39 Å². The molecule has 4 heteroatoms. The first-order valence-electron chi connectivity index (χ1n) is 7.00. The van der Waals surface area contributed by atoms with E-state index in [2.05, 4.69) is 35.6 Å². The number of fused-ring (bicyclic) bond motifs is 1. The van der Waals surface area contributed by atoms with Crippen LogP contribution in [0.4, 0.5) is 4.39 Å². The Morgan fingerprint density at radius 3 is 2.84 bits per heavy atom. The Bertz CT molecular complexity index is 546. The fourth-order valence-electron chi connectivity index (χ4n) is 2.33. The van der Waals surface area contributed by atoms with Gasteiger partial charge in [-0.25, -0.2) is 9.37 Å². The summed E-state index contributed by atoms with van der Waals surface area (Å²) in [6.45, 7) is 8.17. The van der Waals surface area contributed by atoms with Crippen LogP contribution in [0.15, 0.2) is 18.2 Å². The first-order chi connectivity index (χ1) is 9.11. The molecule has 1 N–H and O–H groups in total. The molecule has 19 heavy (non-hydrogen) atoms. The number of aryl methyl sites for hydroxylation is 2. The van der Waals surface area contributed by atoms with Gasteiger partial charge >= 0.3 is 0 Å². The highest BCUT2D eigenvalue weighted by molar-refractivity contribution is 5.76. The van der Waals surface area contributed by atoms with Gasteiger partial charge in [-0.15, -0.1) is 0 Å². The van der Waals surface area contributed by atoms with Crippen molar-refractivity contribution in [2.24, 2.45) is 0 Å². The van der Waals surface area contributed by atoms with Crippen LogP contribution in [-0.2, 0) is 13.0 Å². The number of imidazole rings is 1. The quantitative estimate of drug-likeness (QED) is 0.811. The van der Waals surface area contributed by atoms with Crippen molar-refractivity contribution in [1.29, 1.82) is 0 Å². The Labute approximate surface area is 113 Å². The van der Waals surface area contributed by atoms with Crippen LogP contribution in [0.2, 0.25) is 0 Å². The summed E-state index contributed by atoms with van der Waals surface area (Å²) >= 11 is 0. The van der Waals surface area contributed by atoms with Crippen molar-refractivity contribution in [3.05, 3.63) is 29.8 Å². The van der Waals surface area contributed by atoms with Crippen LogP contribution in [0, 0.1) is 5.82 Å². The second-order valence-electron chi connectivity index (χ2n) is 5.12. The lowest BCUT2D eigenvalue weighted by Crippen LogP contribution is -2.24. The zero-order chi connectivity index (χ0) is 13.8. The number of nitrogens with zero attached hydrogens (tertiary/aromatic N) is 2. The molecule has 0 amide bonds. The Hall–Kier alpha value is -1.42. The molecule has 0 spiro atoms. The average Bonchev–Trinajstić information content (AvgIpc) is 2.71. The fourth-order valence-corrected chi connectivity index (χ4v) is 2.33. The van der Waals surface area contributed by atoms with Crippen LogP contribution in [-0.4, -0.2) is 22.1 Å². The lowest BCUT2D eigenvalue weighted by molar-refractivity contribution is 0.560. The van der Waals surface area contributed by atoms with Gasteiger partial charge in [0.15, 0.2) is 0 Å². The molecule has 0 aliphatic rings. The van der Waals surface area contributed by atoms with E-state index >= 15 is 0 Å². The second kappa shape index (κ2) is 6.15. The van der Waals surface area contributed by atoms with E-state index in [1.807, 2.05) is 0 Å². The highest BCUT2D eigenvalue weighted by Gasteiger charge is 2.09. The molecule has 0 bridgehead atoms. The van der Waals surface area contributed by atoms with Gasteiger partial charge in [-0.2, -0.15) is 0 Å². The van der Waals surface area contributed by atoms with Crippen molar-refractivity contribution >= 4 is 11.0 Å². The van der Waals surface area contributed by atoms with Crippen LogP contribution < -0.4 is 5.32 Å². The molecule has 2 aromatic rings. The Kier molecular flexibility index (Phi) is 4.53. The van der Waals surface area contributed by atoms with E-state index in [1.54, 1.807) is 12.1 Å². The number of benzene rings is 1. The zero-order valence-corrected chi connectivity index (χ0v) is 11.9. The average molecular weight is 263 g/mol.